The first kappa shape index (κ1) is 11.1. The number of carbonyl (C=O) groups is 3. The number of likely N-dealkylation sites (tertiary alicyclic amines) is 1. The molecule has 2 aliphatic rings. The molecule has 0 aliphatic carbocycles. The molecule has 0 unspecified atom stereocenters. The van der Waals surface area contributed by atoms with E-state index >= 15 is 0 Å². The zero-order chi connectivity index (χ0) is 11.7. The molecule has 2 N–H and O–H groups in total. The van der Waals surface area contributed by atoms with Gasteiger partial charge in [0.05, 0.1) is 18.3 Å². The van der Waals surface area contributed by atoms with E-state index in [0.717, 1.165) is 0 Å². The number of hydrogen-bond donors (Lipinski definition) is 2. The predicted octanol–water partition coefficient (Wildman–Crippen LogP) is -0.944. The minimum atomic E-state index is -0.839. The highest BCUT2D eigenvalue weighted by Crippen LogP contribution is 2.28. The fraction of sp³-hybridized carbons (Fsp3) is 0.700. The van der Waals surface area contributed by atoms with Crippen LogP contribution >= 0.6 is 0 Å². The van der Waals surface area contributed by atoms with Gasteiger partial charge < -0.3 is 10.0 Å². The van der Waals surface area contributed by atoms with E-state index in [2.05, 4.69) is 5.32 Å². The third kappa shape index (κ3) is 2.06. The molecule has 0 bridgehead atoms. The van der Waals surface area contributed by atoms with E-state index in [1.165, 1.54) is 0 Å². The van der Waals surface area contributed by atoms with Crippen LogP contribution in [-0.2, 0) is 14.4 Å². The molecule has 2 saturated heterocycles. The third-order valence-electron chi connectivity index (χ3n) is 3.26. The Morgan fingerprint density at radius 1 is 1.38 bits per heavy atom. The highest BCUT2D eigenvalue weighted by molar-refractivity contribution is 6.05. The van der Waals surface area contributed by atoms with Gasteiger partial charge >= 0.3 is 5.97 Å². The van der Waals surface area contributed by atoms with Crippen LogP contribution in [-0.4, -0.2) is 47.4 Å². The molecular formula is C10H14N2O4. The van der Waals surface area contributed by atoms with Gasteiger partial charge in [-0.2, -0.15) is 0 Å². The van der Waals surface area contributed by atoms with Crippen molar-refractivity contribution in [2.75, 3.05) is 19.6 Å². The van der Waals surface area contributed by atoms with Gasteiger partial charge in [-0.25, -0.2) is 0 Å². The van der Waals surface area contributed by atoms with Gasteiger partial charge in [0.2, 0.25) is 11.8 Å². The first-order valence-electron chi connectivity index (χ1n) is 5.37. The van der Waals surface area contributed by atoms with Crippen molar-refractivity contribution < 1.29 is 19.5 Å². The second kappa shape index (κ2) is 4.21. The molecule has 2 heterocycles. The minimum absolute atomic E-state index is 0.0763. The molecule has 0 aromatic carbocycles. The van der Waals surface area contributed by atoms with Crippen molar-refractivity contribution in [2.24, 2.45) is 11.8 Å². The summed E-state index contributed by atoms with van der Waals surface area (Å²) in [5.74, 6) is -1.71. The van der Waals surface area contributed by atoms with Crippen molar-refractivity contribution in [1.29, 1.82) is 0 Å². The predicted molar refractivity (Wildman–Crippen MR) is 53.4 cm³/mol. The maximum atomic E-state index is 11.4. The number of fused-ring (bicyclic) bond motifs is 1. The number of rotatable bonds is 3. The number of carbonyl (C=O) groups excluding carboxylic acids is 2. The number of nitrogens with one attached hydrogen (secondary N) is 1. The number of nitrogens with zero attached hydrogens (tertiary/aromatic N) is 1. The largest absolute Gasteiger partial charge is 0.481 e. The monoisotopic (exact) mass is 226 g/mol. The van der Waals surface area contributed by atoms with Gasteiger partial charge in [-0.15, -0.1) is 0 Å². The lowest BCUT2D eigenvalue weighted by Gasteiger charge is -2.31. The quantitative estimate of drug-likeness (QED) is 0.606. The van der Waals surface area contributed by atoms with Crippen LogP contribution in [0.4, 0.5) is 0 Å². The summed E-state index contributed by atoms with van der Waals surface area (Å²) in [4.78, 5) is 35.1. The lowest BCUT2D eigenvalue weighted by molar-refractivity contribution is -0.137. The summed E-state index contributed by atoms with van der Waals surface area (Å²) in [5, 5.41) is 10.9. The van der Waals surface area contributed by atoms with Crippen molar-refractivity contribution in [3.63, 3.8) is 0 Å². The minimum Gasteiger partial charge on any atom is -0.481 e. The Kier molecular flexibility index (Phi) is 2.91. The van der Waals surface area contributed by atoms with Crippen LogP contribution in [0.25, 0.3) is 0 Å². The topological polar surface area (TPSA) is 86.7 Å². The molecular weight excluding hydrogens is 212 g/mol. The highest BCUT2D eigenvalue weighted by Gasteiger charge is 2.44. The van der Waals surface area contributed by atoms with Crippen molar-refractivity contribution >= 4 is 17.8 Å². The first-order valence-corrected chi connectivity index (χ1v) is 5.37. The summed E-state index contributed by atoms with van der Waals surface area (Å²) < 4.78 is 0. The second-order valence-electron chi connectivity index (χ2n) is 4.30. The van der Waals surface area contributed by atoms with Crippen LogP contribution in [0.1, 0.15) is 12.8 Å². The maximum absolute atomic E-state index is 11.4. The summed E-state index contributed by atoms with van der Waals surface area (Å²) in [6.07, 6.45) is 0.717. The SMILES string of the molecule is O=C(O)CCN1CC[C@H]2C(=O)NC(=O)[C@@H]2C1. The summed E-state index contributed by atoms with van der Waals surface area (Å²) >= 11 is 0. The average molecular weight is 226 g/mol. The van der Waals surface area contributed by atoms with Gasteiger partial charge in [0, 0.05) is 13.1 Å². The number of carboxylic acids is 1. The van der Waals surface area contributed by atoms with Gasteiger partial charge in [0.25, 0.3) is 0 Å². The van der Waals surface area contributed by atoms with Gasteiger partial charge in [-0.05, 0) is 13.0 Å². The van der Waals surface area contributed by atoms with Crippen LogP contribution in [0, 0.1) is 11.8 Å². The molecule has 0 radical (unpaired) electrons. The zero-order valence-corrected chi connectivity index (χ0v) is 8.81. The smallest absolute Gasteiger partial charge is 0.304 e. The molecule has 16 heavy (non-hydrogen) atoms. The van der Waals surface area contributed by atoms with Gasteiger partial charge in [0.1, 0.15) is 0 Å². The van der Waals surface area contributed by atoms with Crippen molar-refractivity contribution in [3.05, 3.63) is 0 Å². The van der Waals surface area contributed by atoms with E-state index < -0.39 is 5.97 Å². The lowest BCUT2D eigenvalue weighted by Crippen LogP contribution is -2.42. The molecule has 6 nitrogen and oxygen atoms in total. The fourth-order valence-electron chi connectivity index (χ4n) is 2.36. The van der Waals surface area contributed by atoms with E-state index in [1.54, 1.807) is 0 Å². The van der Waals surface area contributed by atoms with Gasteiger partial charge in [0.15, 0.2) is 0 Å². The Morgan fingerprint density at radius 2 is 2.06 bits per heavy atom. The molecule has 2 atom stereocenters. The van der Waals surface area contributed by atoms with Crippen LogP contribution < -0.4 is 5.32 Å². The Bertz CT molecular complexity index is 342. The summed E-state index contributed by atoms with van der Waals surface area (Å²) in [5.41, 5.74) is 0. The number of amides is 2. The zero-order valence-electron chi connectivity index (χ0n) is 8.81. The van der Waals surface area contributed by atoms with Crippen molar-refractivity contribution in [2.45, 2.75) is 12.8 Å². The summed E-state index contributed by atoms with van der Waals surface area (Å²) in [6, 6.07) is 0. The first-order chi connectivity index (χ1) is 7.58. The molecule has 2 fully saturated rings. The van der Waals surface area contributed by atoms with E-state index in [-0.39, 0.29) is 30.1 Å². The van der Waals surface area contributed by atoms with Crippen LogP contribution in [0.15, 0.2) is 0 Å². The highest BCUT2D eigenvalue weighted by atomic mass is 16.4. The van der Waals surface area contributed by atoms with E-state index in [4.69, 9.17) is 5.11 Å². The van der Waals surface area contributed by atoms with Crippen LogP contribution in [0.3, 0.4) is 0 Å². The standard InChI is InChI=1S/C10H14N2O4/c13-8(14)2-4-12-3-1-6-7(5-12)10(16)11-9(6)15/h6-7H,1-5H2,(H,13,14)(H,11,15,16)/t6-,7-/m1/s1. The maximum Gasteiger partial charge on any atom is 0.304 e. The molecule has 2 amide bonds. The second-order valence-corrected chi connectivity index (χ2v) is 4.30. The molecule has 0 spiro atoms. The molecule has 6 heteroatoms. The number of hydrogen-bond acceptors (Lipinski definition) is 4. The van der Waals surface area contributed by atoms with E-state index in [9.17, 15) is 14.4 Å². The molecule has 2 rings (SSSR count). The normalized spacial score (nSPS) is 30.0. The molecule has 2 aliphatic heterocycles. The Hall–Kier alpha value is -1.43. The number of carboxylic acid groups (broad SMARTS) is 1. The summed E-state index contributed by atoms with van der Waals surface area (Å²) in [6.45, 7) is 1.63. The molecule has 0 saturated carbocycles. The summed E-state index contributed by atoms with van der Waals surface area (Å²) in [7, 11) is 0. The van der Waals surface area contributed by atoms with E-state index in [0.29, 0.717) is 26.1 Å². The molecule has 0 aromatic rings. The van der Waals surface area contributed by atoms with Crippen molar-refractivity contribution in [3.8, 4) is 0 Å². The third-order valence-corrected chi connectivity index (χ3v) is 3.26. The Morgan fingerprint density at radius 3 is 2.75 bits per heavy atom. The Balaban J connectivity index is 1.92. The van der Waals surface area contributed by atoms with Crippen molar-refractivity contribution in [1.82, 2.24) is 10.2 Å². The lowest BCUT2D eigenvalue weighted by atomic mass is 9.88. The van der Waals surface area contributed by atoms with Gasteiger partial charge in [-0.1, -0.05) is 0 Å². The van der Waals surface area contributed by atoms with Gasteiger partial charge in [-0.3, -0.25) is 19.7 Å². The number of piperidine rings is 1. The fourth-order valence-corrected chi connectivity index (χ4v) is 2.36. The number of imide groups is 1. The van der Waals surface area contributed by atoms with Crippen LogP contribution in [0.5, 0.6) is 0 Å². The van der Waals surface area contributed by atoms with Crippen LogP contribution in [0.2, 0.25) is 0 Å². The molecule has 88 valence electrons. The Labute approximate surface area is 92.6 Å². The average Bonchev–Trinajstić information content (AvgIpc) is 2.52. The molecule has 0 aromatic heterocycles. The van der Waals surface area contributed by atoms with E-state index in [1.807, 2.05) is 4.90 Å². The number of aliphatic carboxylic acids is 1.